The molecular formula is C25H34N2O3S. The van der Waals surface area contributed by atoms with E-state index in [-0.39, 0.29) is 10.8 Å². The summed E-state index contributed by atoms with van der Waals surface area (Å²) in [5.41, 5.74) is 4.61. The van der Waals surface area contributed by atoms with Gasteiger partial charge in [-0.3, -0.25) is 4.79 Å². The molecule has 0 spiro atoms. The third kappa shape index (κ3) is 5.55. The van der Waals surface area contributed by atoms with Gasteiger partial charge in [-0.25, -0.2) is 8.42 Å². The maximum Gasteiger partial charge on any atom is 0.251 e. The molecule has 0 atom stereocenters. The van der Waals surface area contributed by atoms with Crippen molar-refractivity contribution in [1.82, 2.24) is 9.62 Å². The molecule has 1 aliphatic rings. The molecule has 0 bridgehead atoms. The Hall–Kier alpha value is -2.18. The number of nitrogens with zero attached hydrogens (tertiary/aromatic N) is 1. The second-order valence-electron chi connectivity index (χ2n) is 8.29. The fourth-order valence-electron chi connectivity index (χ4n) is 4.13. The average Bonchev–Trinajstić information content (AvgIpc) is 3.07. The number of carbonyl (C=O) groups is 1. The molecule has 6 heteroatoms. The summed E-state index contributed by atoms with van der Waals surface area (Å²) in [5, 5.41) is 2.98. The van der Waals surface area contributed by atoms with Crippen molar-refractivity contribution in [2.75, 3.05) is 13.1 Å². The number of hydrogen-bond acceptors (Lipinski definition) is 3. The van der Waals surface area contributed by atoms with Gasteiger partial charge in [-0.15, -0.1) is 0 Å². The Morgan fingerprint density at radius 1 is 0.935 bits per heavy atom. The van der Waals surface area contributed by atoms with E-state index in [0.717, 1.165) is 44.1 Å². The minimum absolute atomic E-state index is 0.240. The van der Waals surface area contributed by atoms with Crippen molar-refractivity contribution in [2.24, 2.45) is 0 Å². The lowest BCUT2D eigenvalue weighted by Gasteiger charge is -2.21. The second-order valence-corrected chi connectivity index (χ2v) is 10.2. The van der Waals surface area contributed by atoms with Crippen molar-refractivity contribution in [2.45, 2.75) is 70.7 Å². The van der Waals surface area contributed by atoms with Crippen LogP contribution in [-0.4, -0.2) is 31.7 Å². The monoisotopic (exact) mass is 442 g/mol. The van der Waals surface area contributed by atoms with Crippen LogP contribution in [0.2, 0.25) is 0 Å². The van der Waals surface area contributed by atoms with Crippen molar-refractivity contribution in [3.05, 3.63) is 64.2 Å². The maximum atomic E-state index is 13.3. The van der Waals surface area contributed by atoms with Crippen LogP contribution in [-0.2, 0) is 29.4 Å². The number of amides is 1. The summed E-state index contributed by atoms with van der Waals surface area (Å²) in [6.45, 7) is 7.53. The summed E-state index contributed by atoms with van der Waals surface area (Å²) in [5.74, 6) is -0.253. The molecule has 1 saturated heterocycles. The summed E-state index contributed by atoms with van der Waals surface area (Å²) in [6, 6.07) is 11.4. The summed E-state index contributed by atoms with van der Waals surface area (Å²) < 4.78 is 28.1. The molecule has 0 aliphatic carbocycles. The van der Waals surface area contributed by atoms with Crippen molar-refractivity contribution in [3.8, 4) is 0 Å². The Labute approximate surface area is 186 Å². The third-order valence-electron chi connectivity index (χ3n) is 6.13. The van der Waals surface area contributed by atoms with Crippen LogP contribution in [0.5, 0.6) is 0 Å². The van der Waals surface area contributed by atoms with Crippen LogP contribution in [0.25, 0.3) is 0 Å². The lowest BCUT2D eigenvalue weighted by atomic mass is 10.0. The van der Waals surface area contributed by atoms with Crippen LogP contribution in [0.4, 0.5) is 0 Å². The van der Waals surface area contributed by atoms with Gasteiger partial charge in [0.25, 0.3) is 5.91 Å². The fraction of sp³-hybridized carbons (Fsp3) is 0.480. The molecule has 1 fully saturated rings. The van der Waals surface area contributed by atoms with E-state index in [1.807, 2.05) is 0 Å². The van der Waals surface area contributed by atoms with E-state index in [1.165, 1.54) is 17.2 Å². The predicted molar refractivity (Wildman–Crippen MR) is 125 cm³/mol. The molecule has 2 aromatic carbocycles. The Morgan fingerprint density at radius 2 is 1.65 bits per heavy atom. The zero-order valence-electron chi connectivity index (χ0n) is 18.9. The molecule has 0 aromatic heterocycles. The van der Waals surface area contributed by atoms with Crippen LogP contribution >= 0.6 is 0 Å². The highest BCUT2D eigenvalue weighted by Gasteiger charge is 2.27. The largest absolute Gasteiger partial charge is 0.348 e. The Balaban J connectivity index is 1.80. The number of hydrogen-bond donors (Lipinski definition) is 1. The van der Waals surface area contributed by atoms with Gasteiger partial charge in [0.2, 0.25) is 10.0 Å². The quantitative estimate of drug-likeness (QED) is 0.681. The van der Waals surface area contributed by atoms with E-state index < -0.39 is 10.0 Å². The number of aryl methyl sites for hydroxylation is 3. The summed E-state index contributed by atoms with van der Waals surface area (Å²) in [4.78, 5) is 13.1. The van der Waals surface area contributed by atoms with Crippen LogP contribution in [0, 0.1) is 6.92 Å². The van der Waals surface area contributed by atoms with Gasteiger partial charge in [0.05, 0.1) is 4.90 Å². The van der Waals surface area contributed by atoms with E-state index in [2.05, 4.69) is 37.4 Å². The highest BCUT2D eigenvalue weighted by atomic mass is 32.2. The van der Waals surface area contributed by atoms with E-state index in [1.54, 1.807) is 23.4 Å². The van der Waals surface area contributed by atoms with Gasteiger partial charge < -0.3 is 5.32 Å². The Morgan fingerprint density at radius 3 is 2.29 bits per heavy atom. The van der Waals surface area contributed by atoms with Gasteiger partial charge in [-0.1, -0.05) is 51.0 Å². The third-order valence-corrected chi connectivity index (χ3v) is 8.17. The molecule has 168 valence electrons. The zero-order chi connectivity index (χ0) is 22.4. The van der Waals surface area contributed by atoms with Gasteiger partial charge in [0.15, 0.2) is 0 Å². The number of benzene rings is 2. The number of rotatable bonds is 7. The van der Waals surface area contributed by atoms with Gasteiger partial charge >= 0.3 is 0 Å². The van der Waals surface area contributed by atoms with Gasteiger partial charge in [0.1, 0.15) is 0 Å². The first-order chi connectivity index (χ1) is 14.9. The van der Waals surface area contributed by atoms with Gasteiger partial charge in [-0.05, 0) is 67.0 Å². The van der Waals surface area contributed by atoms with E-state index in [0.29, 0.717) is 30.8 Å². The van der Waals surface area contributed by atoms with Crippen LogP contribution in [0.3, 0.4) is 0 Å². The number of nitrogens with one attached hydrogen (secondary N) is 1. The molecule has 31 heavy (non-hydrogen) atoms. The molecule has 1 heterocycles. The normalized spacial score (nSPS) is 15.5. The van der Waals surface area contributed by atoms with Crippen LogP contribution in [0.1, 0.15) is 72.1 Å². The van der Waals surface area contributed by atoms with Gasteiger partial charge in [0, 0.05) is 25.2 Å². The van der Waals surface area contributed by atoms with Crippen molar-refractivity contribution >= 4 is 15.9 Å². The van der Waals surface area contributed by atoms with Crippen LogP contribution in [0.15, 0.2) is 41.3 Å². The minimum Gasteiger partial charge on any atom is -0.348 e. The molecule has 3 rings (SSSR count). The summed E-state index contributed by atoms with van der Waals surface area (Å²) >= 11 is 0. The smallest absolute Gasteiger partial charge is 0.251 e. The number of carbonyl (C=O) groups excluding carboxylic acids is 1. The molecule has 1 aliphatic heterocycles. The number of sulfonamides is 1. The van der Waals surface area contributed by atoms with Gasteiger partial charge in [-0.2, -0.15) is 4.31 Å². The van der Waals surface area contributed by atoms with Crippen molar-refractivity contribution in [1.29, 1.82) is 0 Å². The molecule has 1 N–H and O–H groups in total. The molecular weight excluding hydrogens is 408 g/mol. The summed E-state index contributed by atoms with van der Waals surface area (Å²) in [6.07, 6.45) is 5.74. The van der Waals surface area contributed by atoms with Crippen molar-refractivity contribution in [3.63, 3.8) is 0 Å². The maximum absolute atomic E-state index is 13.3. The standard InChI is InChI=1S/C25H34N2O3S/c1-4-20-11-13-21(5-2)23(16-20)18-26-25(28)22-12-10-19(3)24(17-22)31(29,30)27-14-8-6-7-9-15-27/h10-13,16-17H,4-9,14-15,18H2,1-3H3,(H,26,28). The first-order valence-electron chi connectivity index (χ1n) is 11.4. The highest BCUT2D eigenvalue weighted by molar-refractivity contribution is 7.89. The minimum atomic E-state index is -3.61. The second kappa shape index (κ2) is 10.4. The molecule has 2 aromatic rings. The first kappa shape index (κ1) is 23.5. The highest BCUT2D eigenvalue weighted by Crippen LogP contribution is 2.24. The van der Waals surface area contributed by atoms with Crippen molar-refractivity contribution < 1.29 is 13.2 Å². The zero-order valence-corrected chi connectivity index (χ0v) is 19.7. The Kier molecular flexibility index (Phi) is 7.89. The lowest BCUT2D eigenvalue weighted by molar-refractivity contribution is 0.0950. The first-order valence-corrected chi connectivity index (χ1v) is 12.8. The van der Waals surface area contributed by atoms with E-state index in [9.17, 15) is 13.2 Å². The molecule has 0 saturated carbocycles. The molecule has 0 unspecified atom stereocenters. The molecule has 1 amide bonds. The molecule has 0 radical (unpaired) electrons. The predicted octanol–water partition coefficient (Wildman–Crippen LogP) is 4.61. The topological polar surface area (TPSA) is 66.5 Å². The molecule has 5 nitrogen and oxygen atoms in total. The van der Waals surface area contributed by atoms with E-state index in [4.69, 9.17) is 0 Å². The fourth-order valence-corrected chi connectivity index (χ4v) is 5.89. The van der Waals surface area contributed by atoms with Crippen LogP contribution < -0.4 is 5.32 Å². The average molecular weight is 443 g/mol. The SMILES string of the molecule is CCc1ccc(CC)c(CNC(=O)c2ccc(C)c(S(=O)(=O)N3CCCCCC3)c2)c1. The van der Waals surface area contributed by atoms with E-state index >= 15 is 0 Å². The summed E-state index contributed by atoms with van der Waals surface area (Å²) in [7, 11) is -3.61. The lowest BCUT2D eigenvalue weighted by Crippen LogP contribution is -2.32. The Bertz CT molecular complexity index is 1020.